The lowest BCUT2D eigenvalue weighted by atomic mass is 10.1. The molecule has 0 aromatic heterocycles. The fourth-order valence-electron chi connectivity index (χ4n) is 6.58. The highest BCUT2D eigenvalue weighted by Gasteiger charge is 2.25. The number of nitrogens with zero attached hydrogens (tertiary/aromatic N) is 1. The Morgan fingerprint density at radius 1 is 0.431 bits per heavy atom. The van der Waals surface area contributed by atoms with Crippen molar-refractivity contribution in [2.45, 2.75) is 187 Å². The van der Waals surface area contributed by atoms with Gasteiger partial charge in [0.25, 0.3) is 6.29 Å². The molecule has 0 saturated carbocycles. The minimum atomic E-state index is -1.53. The van der Waals surface area contributed by atoms with Crippen LogP contribution >= 0.6 is 0 Å². The highest BCUT2D eigenvalue weighted by molar-refractivity contribution is 5.71. The second-order valence-corrected chi connectivity index (χ2v) is 18.8. The second-order valence-electron chi connectivity index (χ2n) is 18.8. The van der Waals surface area contributed by atoms with Crippen molar-refractivity contribution >= 4 is 17.9 Å². The van der Waals surface area contributed by atoms with E-state index in [0.717, 1.165) is 122 Å². The Bertz CT molecular complexity index is 1680. The Balaban J connectivity index is 4.39. The zero-order valence-corrected chi connectivity index (χ0v) is 45.8. The number of hydrogen-bond acceptors (Lipinski definition) is 7. The van der Waals surface area contributed by atoms with E-state index in [1.54, 1.807) is 0 Å². The zero-order valence-electron chi connectivity index (χ0n) is 45.8. The molecule has 2 atom stereocenters. The van der Waals surface area contributed by atoms with Gasteiger partial charge >= 0.3 is 17.9 Å². The SMILES string of the molecule is CC/C=C\C/C=C\C/C=C\C/C=C\C/C=C\C/C=C\C/C=C\C/C=C\C/C=C\C/C=C\CCCCC(=O)OC(COC(=O)CCCCCCC/C=C\C/C=C\CCCC)COC(OCC[N+](C)(C)C)C(=O)O. The topological polar surface area (TPSA) is 108 Å². The number of ether oxygens (including phenoxy) is 4. The van der Waals surface area contributed by atoms with Gasteiger partial charge in [-0.2, -0.15) is 0 Å². The number of quaternary nitrogens is 1. The van der Waals surface area contributed by atoms with Crippen molar-refractivity contribution in [1.82, 2.24) is 0 Å². The van der Waals surface area contributed by atoms with E-state index in [0.29, 0.717) is 23.9 Å². The van der Waals surface area contributed by atoms with Gasteiger partial charge in [-0.25, -0.2) is 4.79 Å². The number of carboxylic acid groups (broad SMARTS) is 1. The molecule has 0 aliphatic heterocycles. The first kappa shape index (κ1) is 67.2. The van der Waals surface area contributed by atoms with Crippen LogP contribution in [0.1, 0.15) is 174 Å². The van der Waals surface area contributed by atoms with E-state index >= 15 is 0 Å². The fraction of sp³-hybridized carbons (Fsp3) is 0.571. The lowest BCUT2D eigenvalue weighted by molar-refractivity contribution is -0.870. The summed E-state index contributed by atoms with van der Waals surface area (Å²) in [5.74, 6) is -2.11. The maximum Gasteiger partial charge on any atom is 0.361 e. The predicted octanol–water partition coefficient (Wildman–Crippen LogP) is 16.1. The van der Waals surface area contributed by atoms with Crippen molar-refractivity contribution in [2.75, 3.05) is 47.5 Å². The van der Waals surface area contributed by atoms with Gasteiger partial charge in [-0.05, 0) is 116 Å². The minimum absolute atomic E-state index is 0.168. The summed E-state index contributed by atoms with van der Waals surface area (Å²) >= 11 is 0. The maximum atomic E-state index is 12.8. The molecule has 0 heterocycles. The van der Waals surface area contributed by atoms with Crippen LogP contribution in [0.15, 0.2) is 146 Å². The molecule has 1 N–H and O–H groups in total. The molecule has 404 valence electrons. The van der Waals surface area contributed by atoms with Crippen LogP contribution in [0.3, 0.4) is 0 Å². The minimum Gasteiger partial charge on any atom is -0.477 e. The quantitative estimate of drug-likeness (QED) is 0.0211. The van der Waals surface area contributed by atoms with E-state index in [-0.39, 0.29) is 38.6 Å². The number of carboxylic acids is 1. The summed E-state index contributed by atoms with van der Waals surface area (Å²) in [6.07, 6.45) is 73.6. The molecule has 0 aromatic carbocycles. The van der Waals surface area contributed by atoms with Crippen molar-refractivity contribution in [3.63, 3.8) is 0 Å². The van der Waals surface area contributed by atoms with Gasteiger partial charge in [-0.3, -0.25) is 9.59 Å². The zero-order chi connectivity index (χ0) is 52.7. The van der Waals surface area contributed by atoms with Gasteiger partial charge in [0.15, 0.2) is 6.10 Å². The van der Waals surface area contributed by atoms with Gasteiger partial charge in [0.05, 0.1) is 34.4 Å². The van der Waals surface area contributed by atoms with Crippen molar-refractivity contribution in [2.24, 2.45) is 0 Å². The number of likely N-dealkylation sites (N-methyl/N-ethyl adjacent to an activating group) is 1. The molecule has 0 aliphatic rings. The number of esters is 2. The van der Waals surface area contributed by atoms with E-state index in [4.69, 9.17) is 18.9 Å². The molecule has 2 unspecified atom stereocenters. The average molecular weight is 999 g/mol. The summed E-state index contributed by atoms with van der Waals surface area (Å²) in [4.78, 5) is 37.3. The molecular weight excluding hydrogens is 899 g/mol. The molecule has 9 heteroatoms. The Kier molecular flexibility index (Phi) is 49.0. The van der Waals surface area contributed by atoms with Crippen molar-refractivity contribution in [3.8, 4) is 0 Å². The molecule has 0 fully saturated rings. The molecular formula is C63H100NO8+. The number of aliphatic carboxylic acids is 1. The van der Waals surface area contributed by atoms with Gasteiger partial charge in [-0.15, -0.1) is 0 Å². The molecule has 0 rings (SSSR count). The van der Waals surface area contributed by atoms with Crippen molar-refractivity contribution < 1.29 is 42.9 Å². The summed E-state index contributed by atoms with van der Waals surface area (Å²) in [6.45, 7) is 4.61. The van der Waals surface area contributed by atoms with Crippen LogP contribution in [-0.2, 0) is 33.3 Å². The lowest BCUT2D eigenvalue weighted by Crippen LogP contribution is -2.40. The van der Waals surface area contributed by atoms with E-state index in [1.165, 1.54) is 12.8 Å². The van der Waals surface area contributed by atoms with Crippen molar-refractivity contribution in [1.29, 1.82) is 0 Å². The Hall–Kier alpha value is -4.83. The lowest BCUT2D eigenvalue weighted by Gasteiger charge is -2.25. The number of allylic oxidation sites excluding steroid dienone is 24. The molecule has 0 radical (unpaired) electrons. The highest BCUT2D eigenvalue weighted by Crippen LogP contribution is 2.11. The number of unbranched alkanes of at least 4 members (excludes halogenated alkanes) is 9. The largest absolute Gasteiger partial charge is 0.477 e. The maximum absolute atomic E-state index is 12.8. The third kappa shape index (κ3) is 53.0. The van der Waals surface area contributed by atoms with Gasteiger partial charge in [0.2, 0.25) is 0 Å². The number of carbonyl (C=O) groups is 3. The normalized spacial score (nSPS) is 14.0. The highest BCUT2D eigenvalue weighted by atomic mass is 16.7. The molecule has 0 saturated heterocycles. The van der Waals surface area contributed by atoms with Gasteiger partial charge < -0.3 is 28.5 Å². The third-order valence-corrected chi connectivity index (χ3v) is 10.8. The molecule has 0 spiro atoms. The number of hydrogen-bond donors (Lipinski definition) is 1. The Labute approximate surface area is 439 Å². The smallest absolute Gasteiger partial charge is 0.361 e. The number of carbonyl (C=O) groups excluding carboxylic acids is 2. The molecule has 72 heavy (non-hydrogen) atoms. The summed E-state index contributed by atoms with van der Waals surface area (Å²) in [5.41, 5.74) is 0. The van der Waals surface area contributed by atoms with E-state index in [1.807, 2.05) is 21.1 Å². The monoisotopic (exact) mass is 999 g/mol. The molecule has 0 aliphatic carbocycles. The van der Waals surface area contributed by atoms with Crippen LogP contribution in [0, 0.1) is 0 Å². The standard InChI is InChI=1S/C63H99NO8/c1-6-8-10-12-14-16-18-20-22-23-24-25-26-27-28-29-30-31-32-33-34-35-36-37-38-39-40-42-44-46-48-50-52-54-61(66)72-59(58-71-63(62(67)68)69-56-55-64(3,4)5)57-70-60(65)53-51-49-47-45-43-41-21-19-17-15-13-11-9-7-2/h8,10,13-16,19-22,24-25,27-28,30-31,33-34,36-37,39-40,44,46,59,63H,6-7,9,11-12,17-18,23,26,29,32,35,38,41-43,45,47-58H2,1-5H3/p+1/b10-8-,15-13-,16-14-,21-19-,22-20-,25-24-,28-27-,31-30-,34-33-,37-36-,40-39-,46-44-. The first-order chi connectivity index (χ1) is 35.1. The summed E-state index contributed by atoms with van der Waals surface area (Å²) in [6, 6.07) is 0. The Morgan fingerprint density at radius 3 is 1.21 bits per heavy atom. The second kappa shape index (κ2) is 52.5. The average Bonchev–Trinajstić information content (AvgIpc) is 3.35. The first-order valence-corrected chi connectivity index (χ1v) is 27.5. The third-order valence-electron chi connectivity index (χ3n) is 10.8. The van der Waals surface area contributed by atoms with Gasteiger partial charge in [-0.1, -0.05) is 192 Å². The van der Waals surface area contributed by atoms with Gasteiger partial charge in [0.1, 0.15) is 13.2 Å². The van der Waals surface area contributed by atoms with Crippen molar-refractivity contribution in [3.05, 3.63) is 146 Å². The van der Waals surface area contributed by atoms with Crippen LogP contribution in [0.25, 0.3) is 0 Å². The Morgan fingerprint density at radius 2 is 0.792 bits per heavy atom. The molecule has 0 aromatic rings. The summed E-state index contributed by atoms with van der Waals surface area (Å²) in [5, 5.41) is 9.67. The van der Waals surface area contributed by atoms with Crippen LogP contribution in [0.4, 0.5) is 0 Å². The van der Waals surface area contributed by atoms with E-state index in [2.05, 4.69) is 160 Å². The molecule has 0 amide bonds. The van der Waals surface area contributed by atoms with Crippen LogP contribution < -0.4 is 0 Å². The predicted molar refractivity (Wildman–Crippen MR) is 304 cm³/mol. The summed E-state index contributed by atoms with van der Waals surface area (Å²) in [7, 11) is 5.93. The first-order valence-electron chi connectivity index (χ1n) is 27.5. The van der Waals surface area contributed by atoms with Gasteiger partial charge in [0, 0.05) is 12.8 Å². The van der Waals surface area contributed by atoms with E-state index in [9.17, 15) is 19.5 Å². The number of rotatable bonds is 48. The molecule has 9 nitrogen and oxygen atoms in total. The van der Waals surface area contributed by atoms with Crippen LogP contribution in [0.5, 0.6) is 0 Å². The van der Waals surface area contributed by atoms with Crippen LogP contribution in [-0.4, -0.2) is 87.4 Å². The summed E-state index contributed by atoms with van der Waals surface area (Å²) < 4.78 is 22.7. The fourth-order valence-corrected chi connectivity index (χ4v) is 6.58. The van der Waals surface area contributed by atoms with E-state index < -0.39 is 24.3 Å². The molecule has 0 bridgehead atoms. The van der Waals surface area contributed by atoms with Crippen LogP contribution in [0.2, 0.25) is 0 Å².